The number of halogens is 2. The van der Waals surface area contributed by atoms with Gasteiger partial charge < -0.3 is 58.9 Å². The predicted octanol–water partition coefficient (Wildman–Crippen LogP) is 19.4. The third-order valence-corrected chi connectivity index (χ3v) is 21.5. The number of aromatic nitrogens is 6. The van der Waals surface area contributed by atoms with Crippen molar-refractivity contribution >= 4 is 202 Å². The lowest BCUT2D eigenvalue weighted by atomic mass is 10.2. The number of carboxylic acids is 1. The SMILES string of the molecule is COc1ccc(C(=O)NC(=S)N2CCN(c3ccc([N+](=O)[O-])cc3)CC2)cc1.O=C(NC(=S)Nc1ccc(-c2nc3ncccc3o2)cc1)c1cccc(Cl)c1.O=C(NC(=S)Nc1ccc(-c2nc3ncccc3o2)cc1)c1ccccc1.O=C(NC(=S)Nc1ccc(-c2nc3ncccc3o2)cc1)c1ccccc1F.O=C(O)c1cccc(NC(=S)NC(=O)c2ccc(OCc3ccccc3)cc2)c1. The Kier molecular flexibility index (Phi) is 33.9. The zero-order chi connectivity index (χ0) is 98.4. The Morgan fingerprint density at radius 2 is 0.821 bits per heavy atom. The molecule has 140 heavy (non-hydrogen) atoms. The molecule has 18 rings (SSSR count). The summed E-state index contributed by atoms with van der Waals surface area (Å²) in [5, 5.41) is 45.9. The third kappa shape index (κ3) is 28.1. The van der Waals surface area contributed by atoms with E-state index in [1.54, 1.807) is 202 Å². The van der Waals surface area contributed by atoms with Gasteiger partial charge in [0, 0.05) is 129 Å². The number of thiocarbonyl (C=S) groups is 5. The number of nitrogens with one attached hydrogen (secondary N) is 9. The number of pyridine rings is 3. The molecule has 7 heterocycles. The van der Waals surface area contributed by atoms with Crippen molar-refractivity contribution < 1.29 is 65.9 Å². The van der Waals surface area contributed by atoms with Crippen LogP contribution in [-0.2, 0) is 6.61 Å². The zero-order valence-corrected chi connectivity index (χ0v) is 78.2. The van der Waals surface area contributed by atoms with E-state index < -0.39 is 22.6 Å². The Labute approximate surface area is 829 Å². The number of methoxy groups -OCH3 is 1. The molecule has 0 spiro atoms. The van der Waals surface area contributed by atoms with Gasteiger partial charge in [0.1, 0.15) is 23.9 Å². The normalized spacial score (nSPS) is 11.1. The summed E-state index contributed by atoms with van der Waals surface area (Å²) in [4.78, 5) is 112. The van der Waals surface area contributed by atoms with Gasteiger partial charge >= 0.3 is 5.97 Å². The minimum Gasteiger partial charge on any atom is -0.497 e. The Balaban J connectivity index is 0.000000139. The van der Waals surface area contributed by atoms with Gasteiger partial charge in [-0.25, -0.2) is 24.1 Å². The van der Waals surface area contributed by atoms with E-state index in [1.807, 2.05) is 102 Å². The van der Waals surface area contributed by atoms with Gasteiger partial charge in [0.05, 0.1) is 23.2 Å². The number of nitro benzene ring substituents is 1. The first-order valence-corrected chi connectivity index (χ1v) is 44.6. The van der Waals surface area contributed by atoms with Crippen molar-refractivity contribution in [2.45, 2.75) is 6.61 Å². The number of nitrogens with zero attached hydrogens (tertiary/aromatic N) is 9. The molecule has 700 valence electrons. The molecule has 0 unspecified atom stereocenters. The lowest BCUT2D eigenvalue weighted by molar-refractivity contribution is -0.384. The summed E-state index contributed by atoms with van der Waals surface area (Å²) >= 11 is 31.9. The number of piperazine rings is 1. The van der Waals surface area contributed by atoms with Gasteiger partial charge in [0.25, 0.3) is 35.2 Å². The van der Waals surface area contributed by atoms with E-state index >= 15 is 0 Å². The number of non-ortho nitro benzene ring substituents is 1. The average Bonchev–Trinajstić information content (AvgIpc) is 1.64. The molecular weight excluding hydrogens is 1900 g/mol. The molecule has 1 fully saturated rings. The van der Waals surface area contributed by atoms with Crippen LogP contribution in [0.3, 0.4) is 0 Å². The molecule has 11 aromatic carbocycles. The third-order valence-electron chi connectivity index (χ3n) is 20.1. The van der Waals surface area contributed by atoms with E-state index in [1.165, 1.54) is 42.5 Å². The number of carboxylic acid groups (broad SMARTS) is 1. The fourth-order valence-electron chi connectivity index (χ4n) is 13.1. The van der Waals surface area contributed by atoms with E-state index in [-0.39, 0.29) is 60.9 Å². The number of amides is 5. The monoisotopic (exact) mass is 1980 g/mol. The van der Waals surface area contributed by atoms with Gasteiger partial charge in [-0.3, -0.25) is 60.7 Å². The molecule has 0 atom stereocenters. The number of fused-ring (bicyclic) bond motifs is 3. The van der Waals surface area contributed by atoms with Crippen LogP contribution in [0.15, 0.2) is 347 Å². The van der Waals surface area contributed by atoms with E-state index in [0.717, 1.165) is 39.3 Å². The van der Waals surface area contributed by atoms with Crippen LogP contribution in [-0.4, -0.2) is 139 Å². The lowest BCUT2D eigenvalue weighted by Gasteiger charge is -2.37. The summed E-state index contributed by atoms with van der Waals surface area (Å²) in [6.45, 7) is 3.15. The molecule has 1 aliphatic heterocycles. The van der Waals surface area contributed by atoms with Crippen LogP contribution in [0.25, 0.3) is 68.1 Å². The Bertz CT molecular complexity index is 7260. The summed E-state index contributed by atoms with van der Waals surface area (Å²) in [5.41, 5.74) is 12.5. The number of carbonyl (C=O) groups excluding carboxylic acids is 5. The van der Waals surface area contributed by atoms with Crippen LogP contribution in [0, 0.1) is 15.9 Å². The first-order valence-electron chi connectivity index (χ1n) is 42.2. The molecule has 32 nitrogen and oxygen atoms in total. The second-order valence-corrected chi connectivity index (χ2v) is 32.1. The fourth-order valence-corrected chi connectivity index (χ4v) is 14.4. The quantitative estimate of drug-likeness (QED) is 0.0204. The maximum Gasteiger partial charge on any atom is 0.335 e. The van der Waals surface area contributed by atoms with E-state index in [2.05, 4.69) is 82.7 Å². The second kappa shape index (κ2) is 48.2. The van der Waals surface area contributed by atoms with Crippen molar-refractivity contribution in [1.82, 2.24) is 61.4 Å². The summed E-state index contributed by atoms with van der Waals surface area (Å²) in [5.74, 6) is -0.748. The maximum atomic E-state index is 13.7. The molecule has 0 aliphatic carbocycles. The van der Waals surface area contributed by atoms with Crippen LogP contribution in [0.4, 0.5) is 38.5 Å². The highest BCUT2D eigenvalue weighted by atomic mass is 35.5. The molecular formula is C101H78ClFN18O14S5. The summed E-state index contributed by atoms with van der Waals surface area (Å²) in [7, 11) is 1.57. The van der Waals surface area contributed by atoms with Crippen LogP contribution < -0.4 is 62.2 Å². The summed E-state index contributed by atoms with van der Waals surface area (Å²) in [6.07, 6.45) is 4.99. The highest BCUT2D eigenvalue weighted by molar-refractivity contribution is 7.81. The summed E-state index contributed by atoms with van der Waals surface area (Å²) < 4.78 is 41.5. The smallest absolute Gasteiger partial charge is 0.335 e. The number of anilines is 5. The van der Waals surface area contributed by atoms with Crippen LogP contribution >= 0.6 is 72.7 Å². The Morgan fingerprint density at radius 3 is 1.26 bits per heavy atom. The minimum absolute atomic E-state index is 0.0621. The highest BCUT2D eigenvalue weighted by Crippen LogP contribution is 2.30. The number of ether oxygens (including phenoxy) is 2. The van der Waals surface area contributed by atoms with Crippen molar-refractivity contribution in [3.8, 4) is 45.9 Å². The first kappa shape index (κ1) is 98.6. The van der Waals surface area contributed by atoms with Crippen LogP contribution in [0.2, 0.25) is 5.02 Å². The average molecular weight is 1980 g/mol. The molecule has 0 bridgehead atoms. The van der Waals surface area contributed by atoms with E-state index in [4.69, 9.17) is 101 Å². The molecule has 6 aromatic heterocycles. The van der Waals surface area contributed by atoms with Gasteiger partial charge in [-0.2, -0.15) is 15.0 Å². The second-order valence-electron chi connectivity index (χ2n) is 29.7. The molecule has 5 amide bonds. The maximum absolute atomic E-state index is 13.7. The van der Waals surface area contributed by atoms with Crippen LogP contribution in [0.5, 0.6) is 11.5 Å². The number of nitro groups is 1. The van der Waals surface area contributed by atoms with E-state index in [9.17, 15) is 43.3 Å². The summed E-state index contributed by atoms with van der Waals surface area (Å²) in [6, 6.07) is 89.8. The molecule has 0 saturated carbocycles. The van der Waals surface area contributed by atoms with Gasteiger partial charge in [0.2, 0.25) is 17.7 Å². The highest BCUT2D eigenvalue weighted by Gasteiger charge is 2.24. The van der Waals surface area contributed by atoms with Crippen molar-refractivity contribution in [3.05, 3.63) is 394 Å². The van der Waals surface area contributed by atoms with Crippen molar-refractivity contribution in [2.24, 2.45) is 0 Å². The van der Waals surface area contributed by atoms with Crippen LogP contribution in [0.1, 0.15) is 67.7 Å². The first-order chi connectivity index (χ1) is 67.8. The molecule has 1 aliphatic rings. The van der Waals surface area contributed by atoms with E-state index in [0.29, 0.717) is 139 Å². The van der Waals surface area contributed by atoms with Crippen molar-refractivity contribution in [1.29, 1.82) is 0 Å². The minimum atomic E-state index is -1.04. The molecule has 0 radical (unpaired) electrons. The number of carbonyl (C=O) groups is 6. The lowest BCUT2D eigenvalue weighted by Crippen LogP contribution is -2.52. The standard InChI is InChI=1S/C22H18N2O4S.C20H13ClN4O2S.C20H13FN4O2S.C20H14N4O2S.C19H20N4O4S/c25-20(24-22(29)23-18-8-4-7-17(13-18)21(26)27)16-9-11-19(12-10-16)28-14-15-5-2-1-3-6-15;21-14-4-1-3-13(11-14)18(26)25-20(28)23-15-8-6-12(7-9-15)19-24-17-16(27-19)5-2-10-22-17;21-15-5-2-1-4-14(15)18(26)25-20(28)23-13-9-7-12(8-10-13)19-24-17-16(27-19)6-3-11-22-17;25-18(13-5-2-1-3-6-13)24-20(27)22-15-10-8-14(9-11-15)19-23-17-16(26-19)7-4-12-21-17;1-27-17-8-2-14(3-9-17)18(24)20-19(28)22-12-10-21(11-13-22)15-4-6-16(7-5-15)23(25)26/h1-13H,14H2,(H,26,27)(H2,23,24,25,29);2*1-11H,(H2,23,25,26,28);1-12H,(H2,22,24,25,27);2-9H,10-13H2,1H3,(H,20,24,28). The predicted molar refractivity (Wildman–Crippen MR) is 551 cm³/mol. The number of oxazole rings is 3. The van der Waals surface area contributed by atoms with Gasteiger partial charge in [-0.05, 0) is 297 Å². The Hall–Kier alpha value is -17.4. The number of aromatic carboxylic acids is 1. The van der Waals surface area contributed by atoms with Gasteiger partial charge in [0.15, 0.2) is 59.3 Å². The molecule has 39 heteroatoms. The van der Waals surface area contributed by atoms with Crippen molar-refractivity contribution in [3.63, 3.8) is 0 Å². The number of hydrogen-bond donors (Lipinski definition) is 10. The largest absolute Gasteiger partial charge is 0.497 e. The van der Waals surface area contributed by atoms with Gasteiger partial charge in [-0.15, -0.1) is 0 Å². The fraction of sp³-hybridized carbons (Fsp3) is 0.0594. The number of benzene rings is 11. The van der Waals surface area contributed by atoms with Crippen molar-refractivity contribution in [2.75, 3.05) is 59.5 Å². The molecule has 10 N–H and O–H groups in total. The topological polar surface area (TPSA) is 416 Å². The number of hydrogen-bond acceptors (Lipinski definition) is 25. The van der Waals surface area contributed by atoms with Gasteiger partial charge in [-0.1, -0.05) is 84.4 Å². The zero-order valence-electron chi connectivity index (χ0n) is 73.4. The Morgan fingerprint density at radius 1 is 0.421 bits per heavy atom. The molecule has 1 saturated heterocycles. The number of rotatable bonds is 19. The molecule has 17 aromatic rings.